The van der Waals surface area contributed by atoms with Crippen LogP contribution in [-0.4, -0.2) is 47.9 Å². The molecule has 0 radical (unpaired) electrons. The van der Waals surface area contributed by atoms with E-state index in [2.05, 4.69) is 54.0 Å². The smallest absolute Gasteiger partial charge is 0.227 e. The van der Waals surface area contributed by atoms with Crippen LogP contribution in [0.5, 0.6) is 0 Å². The number of likely N-dealkylation sites (tertiary alicyclic amines) is 1. The van der Waals surface area contributed by atoms with Crippen molar-refractivity contribution in [1.29, 1.82) is 0 Å². The van der Waals surface area contributed by atoms with E-state index in [-0.39, 0.29) is 5.91 Å². The molecule has 0 spiro atoms. The lowest BCUT2D eigenvalue weighted by atomic mass is 10.00. The van der Waals surface area contributed by atoms with Crippen molar-refractivity contribution in [1.82, 2.24) is 9.80 Å². The third kappa shape index (κ3) is 3.41. The normalized spacial score (nSPS) is 19.8. The monoisotopic (exact) mass is 298 g/mol. The van der Waals surface area contributed by atoms with Gasteiger partial charge in [0.25, 0.3) is 0 Å². The third-order valence-electron chi connectivity index (χ3n) is 5.03. The van der Waals surface area contributed by atoms with Crippen LogP contribution in [0.2, 0.25) is 0 Å². The summed E-state index contributed by atoms with van der Waals surface area (Å²) in [5.74, 6) is 0.284. The van der Waals surface area contributed by atoms with Gasteiger partial charge in [0.05, 0.1) is 6.42 Å². The first kappa shape index (κ1) is 15.3. The molecule has 3 heteroatoms. The van der Waals surface area contributed by atoms with E-state index in [0.717, 1.165) is 39.0 Å². The summed E-state index contributed by atoms with van der Waals surface area (Å²) in [6, 6.07) is 7.03. The van der Waals surface area contributed by atoms with E-state index in [1.807, 2.05) is 0 Å². The second-order valence-electron chi connectivity index (χ2n) is 6.64. The molecule has 118 valence electrons. The van der Waals surface area contributed by atoms with Gasteiger partial charge >= 0.3 is 0 Å². The summed E-state index contributed by atoms with van der Waals surface area (Å²) in [6.07, 6.45) is 7.26. The Morgan fingerprint density at radius 1 is 1.14 bits per heavy atom. The summed E-state index contributed by atoms with van der Waals surface area (Å²) < 4.78 is 0. The summed E-state index contributed by atoms with van der Waals surface area (Å²) in [5, 5.41) is 0. The highest BCUT2D eigenvalue weighted by atomic mass is 16.2. The van der Waals surface area contributed by atoms with E-state index in [9.17, 15) is 4.79 Å². The summed E-state index contributed by atoms with van der Waals surface area (Å²) in [5.41, 5.74) is 3.63. The van der Waals surface area contributed by atoms with Crippen LogP contribution in [0.25, 0.3) is 0 Å². The fourth-order valence-electron chi connectivity index (χ4n) is 3.54. The van der Waals surface area contributed by atoms with Crippen LogP contribution >= 0.6 is 0 Å². The average Bonchev–Trinajstić information content (AvgIpc) is 3.05. The maximum atomic E-state index is 12.6. The first-order valence-corrected chi connectivity index (χ1v) is 8.36. The highest BCUT2D eigenvalue weighted by Gasteiger charge is 2.27. The van der Waals surface area contributed by atoms with Crippen LogP contribution in [0.3, 0.4) is 0 Å². The molecule has 1 saturated heterocycles. The van der Waals surface area contributed by atoms with Gasteiger partial charge in [-0.15, -0.1) is 0 Å². The Bertz CT molecular complexity index is 563. The molecule has 1 fully saturated rings. The van der Waals surface area contributed by atoms with Gasteiger partial charge in [0, 0.05) is 32.2 Å². The van der Waals surface area contributed by atoms with Crippen molar-refractivity contribution in [2.75, 3.05) is 26.2 Å². The van der Waals surface area contributed by atoms with Crippen molar-refractivity contribution in [3.8, 4) is 0 Å². The van der Waals surface area contributed by atoms with E-state index in [1.165, 1.54) is 16.7 Å². The zero-order chi connectivity index (χ0) is 15.5. The number of hydrogen-bond acceptors (Lipinski definition) is 2. The molecule has 0 saturated carbocycles. The SMILES string of the molecule is Cc1ccc(C)c(CC(=O)N2CCC(N3CC=CC3)CC2)c1. The van der Waals surface area contributed by atoms with Crippen LogP contribution in [0.1, 0.15) is 29.5 Å². The second kappa shape index (κ2) is 6.66. The lowest BCUT2D eigenvalue weighted by Crippen LogP contribution is -2.46. The van der Waals surface area contributed by atoms with Gasteiger partial charge < -0.3 is 4.90 Å². The number of aryl methyl sites for hydroxylation is 2. The van der Waals surface area contributed by atoms with Gasteiger partial charge in [-0.2, -0.15) is 0 Å². The molecule has 1 amide bonds. The number of carbonyl (C=O) groups is 1. The highest BCUT2D eigenvalue weighted by Crippen LogP contribution is 2.20. The molecule has 0 atom stereocenters. The molecule has 3 nitrogen and oxygen atoms in total. The maximum absolute atomic E-state index is 12.6. The molecule has 1 aromatic carbocycles. The predicted molar refractivity (Wildman–Crippen MR) is 89.9 cm³/mol. The minimum Gasteiger partial charge on any atom is -0.342 e. The van der Waals surface area contributed by atoms with E-state index >= 15 is 0 Å². The summed E-state index contributed by atoms with van der Waals surface area (Å²) in [6.45, 7) is 8.16. The lowest BCUT2D eigenvalue weighted by Gasteiger charge is -2.36. The van der Waals surface area contributed by atoms with Gasteiger partial charge in [-0.3, -0.25) is 9.69 Å². The van der Waals surface area contributed by atoms with Gasteiger partial charge in [0.1, 0.15) is 0 Å². The van der Waals surface area contributed by atoms with Gasteiger partial charge in [-0.25, -0.2) is 0 Å². The maximum Gasteiger partial charge on any atom is 0.227 e. The average molecular weight is 298 g/mol. The second-order valence-corrected chi connectivity index (χ2v) is 6.64. The molecule has 0 N–H and O–H groups in total. The van der Waals surface area contributed by atoms with Crippen LogP contribution in [0.4, 0.5) is 0 Å². The summed E-state index contributed by atoms with van der Waals surface area (Å²) in [4.78, 5) is 17.1. The topological polar surface area (TPSA) is 23.6 Å². The Hall–Kier alpha value is -1.61. The zero-order valence-electron chi connectivity index (χ0n) is 13.7. The zero-order valence-corrected chi connectivity index (χ0v) is 13.7. The van der Waals surface area contributed by atoms with Crippen molar-refractivity contribution in [2.45, 2.75) is 39.2 Å². The molecule has 0 unspecified atom stereocenters. The Morgan fingerprint density at radius 3 is 2.50 bits per heavy atom. The molecule has 22 heavy (non-hydrogen) atoms. The van der Waals surface area contributed by atoms with E-state index in [0.29, 0.717) is 12.5 Å². The fourth-order valence-corrected chi connectivity index (χ4v) is 3.54. The standard InChI is InChI=1S/C19H26N2O/c1-15-5-6-16(2)17(13-15)14-19(22)21-11-7-18(8-12-21)20-9-3-4-10-20/h3-6,13,18H,7-12,14H2,1-2H3. The first-order chi connectivity index (χ1) is 10.6. The van der Waals surface area contributed by atoms with Crippen molar-refractivity contribution in [3.05, 3.63) is 47.0 Å². The summed E-state index contributed by atoms with van der Waals surface area (Å²) >= 11 is 0. The van der Waals surface area contributed by atoms with E-state index in [1.54, 1.807) is 0 Å². The molecule has 1 aromatic rings. The highest BCUT2D eigenvalue weighted by molar-refractivity contribution is 5.79. The molecule has 2 heterocycles. The van der Waals surface area contributed by atoms with E-state index in [4.69, 9.17) is 0 Å². The Morgan fingerprint density at radius 2 is 1.82 bits per heavy atom. The van der Waals surface area contributed by atoms with Crippen LogP contribution in [0.15, 0.2) is 30.4 Å². The van der Waals surface area contributed by atoms with Crippen molar-refractivity contribution >= 4 is 5.91 Å². The van der Waals surface area contributed by atoms with Crippen LogP contribution in [0, 0.1) is 13.8 Å². The van der Waals surface area contributed by atoms with Gasteiger partial charge in [0.15, 0.2) is 0 Å². The first-order valence-electron chi connectivity index (χ1n) is 8.36. The van der Waals surface area contributed by atoms with Gasteiger partial charge in [0.2, 0.25) is 5.91 Å². The largest absolute Gasteiger partial charge is 0.342 e. The molecule has 0 aliphatic carbocycles. The Labute approximate surface area is 133 Å². The molecule has 2 aliphatic heterocycles. The van der Waals surface area contributed by atoms with Crippen molar-refractivity contribution < 1.29 is 4.79 Å². The summed E-state index contributed by atoms with van der Waals surface area (Å²) in [7, 11) is 0. The van der Waals surface area contributed by atoms with Crippen LogP contribution < -0.4 is 0 Å². The molecular weight excluding hydrogens is 272 g/mol. The minimum atomic E-state index is 0.284. The third-order valence-corrected chi connectivity index (χ3v) is 5.03. The number of nitrogens with zero attached hydrogens (tertiary/aromatic N) is 2. The molecule has 2 aliphatic rings. The Balaban J connectivity index is 1.54. The van der Waals surface area contributed by atoms with Gasteiger partial charge in [-0.05, 0) is 37.8 Å². The van der Waals surface area contributed by atoms with E-state index < -0.39 is 0 Å². The Kier molecular flexibility index (Phi) is 4.63. The number of amides is 1. The lowest BCUT2D eigenvalue weighted by molar-refractivity contribution is -0.132. The fraction of sp³-hybridized carbons (Fsp3) is 0.526. The number of benzene rings is 1. The van der Waals surface area contributed by atoms with Crippen molar-refractivity contribution in [2.24, 2.45) is 0 Å². The molecule has 0 bridgehead atoms. The van der Waals surface area contributed by atoms with Crippen LogP contribution in [-0.2, 0) is 11.2 Å². The number of rotatable bonds is 3. The number of carbonyl (C=O) groups excluding carboxylic acids is 1. The molecule has 0 aromatic heterocycles. The number of hydrogen-bond donors (Lipinski definition) is 0. The van der Waals surface area contributed by atoms with Gasteiger partial charge in [-0.1, -0.05) is 35.9 Å². The predicted octanol–water partition coefficient (Wildman–Crippen LogP) is 2.71. The molecular formula is C19H26N2O. The molecule has 3 rings (SSSR count). The number of piperidine rings is 1. The quantitative estimate of drug-likeness (QED) is 0.801. The van der Waals surface area contributed by atoms with Crippen molar-refractivity contribution in [3.63, 3.8) is 0 Å². The minimum absolute atomic E-state index is 0.284.